The fourth-order valence-electron chi connectivity index (χ4n) is 9.18. The fourth-order valence-corrected chi connectivity index (χ4v) is 9.18. The molecule has 0 bridgehead atoms. The van der Waals surface area contributed by atoms with Crippen LogP contribution in [0.3, 0.4) is 0 Å². The molecule has 0 spiro atoms. The number of unbranched alkanes of at least 4 members (excludes halogenated alkanes) is 36. The second-order valence-corrected chi connectivity index (χ2v) is 22.1. The topological polar surface area (TPSA) is 78.9 Å². The van der Waals surface area contributed by atoms with Gasteiger partial charge < -0.3 is 14.2 Å². The second kappa shape index (κ2) is 51.3. The maximum absolute atomic E-state index is 12.9. The van der Waals surface area contributed by atoms with E-state index in [4.69, 9.17) is 14.2 Å². The number of rotatable bonds is 53. The third-order valence-corrected chi connectivity index (χ3v) is 13.6. The number of carbonyl (C=O) groups is 3. The third-order valence-electron chi connectivity index (χ3n) is 13.6. The molecule has 0 fully saturated rings. The average Bonchev–Trinajstić information content (AvgIpc) is 3.28. The zero-order valence-electron chi connectivity index (χ0n) is 45.5. The maximum atomic E-state index is 12.9. The van der Waals surface area contributed by atoms with E-state index in [1.54, 1.807) is 0 Å². The van der Waals surface area contributed by atoms with Crippen molar-refractivity contribution < 1.29 is 28.6 Å². The molecule has 0 radical (unpaired) electrons. The molecule has 0 amide bonds. The SMILES string of the molecule is CC(C)CCCCCCCCCCCCCCCCCCCCC(=O)O[C@@H](COC(=O)CCCCCCCCCCCCCCCCC(C)C)COC(=O)CCCCCCCCCC(C)C. The highest BCUT2D eigenvalue weighted by Gasteiger charge is 2.19. The molecule has 0 rings (SSSR count). The normalized spacial score (nSPS) is 12.1. The van der Waals surface area contributed by atoms with Crippen molar-refractivity contribution in [3.05, 3.63) is 0 Å². The van der Waals surface area contributed by atoms with Crippen molar-refractivity contribution >= 4 is 17.9 Å². The Kier molecular flexibility index (Phi) is 50.0. The van der Waals surface area contributed by atoms with Gasteiger partial charge in [0.1, 0.15) is 13.2 Å². The van der Waals surface area contributed by atoms with Crippen LogP contribution in [-0.2, 0) is 28.6 Å². The lowest BCUT2D eigenvalue weighted by Gasteiger charge is -2.18. The highest BCUT2D eigenvalue weighted by molar-refractivity contribution is 5.71. The first-order valence-corrected chi connectivity index (χ1v) is 29.6. The van der Waals surface area contributed by atoms with Crippen molar-refractivity contribution in [1.29, 1.82) is 0 Å². The van der Waals surface area contributed by atoms with Crippen LogP contribution in [0, 0.1) is 17.8 Å². The Hall–Kier alpha value is -1.59. The van der Waals surface area contributed by atoms with Crippen LogP contribution in [0.5, 0.6) is 0 Å². The minimum Gasteiger partial charge on any atom is -0.462 e. The Bertz CT molecular complexity index is 1020. The Labute approximate surface area is 412 Å². The molecule has 0 aliphatic rings. The van der Waals surface area contributed by atoms with Crippen LogP contribution in [-0.4, -0.2) is 37.2 Å². The van der Waals surface area contributed by atoms with E-state index in [0.29, 0.717) is 19.3 Å². The summed E-state index contributed by atoms with van der Waals surface area (Å²) >= 11 is 0. The molecule has 0 N–H and O–H groups in total. The van der Waals surface area contributed by atoms with Crippen molar-refractivity contribution in [1.82, 2.24) is 0 Å². The predicted molar refractivity (Wildman–Crippen MR) is 284 cm³/mol. The van der Waals surface area contributed by atoms with Gasteiger partial charge in [0.05, 0.1) is 0 Å². The molecule has 6 nitrogen and oxygen atoms in total. The summed E-state index contributed by atoms with van der Waals surface area (Å²) in [7, 11) is 0. The molecule has 66 heavy (non-hydrogen) atoms. The van der Waals surface area contributed by atoms with E-state index in [2.05, 4.69) is 41.5 Å². The number of carbonyl (C=O) groups excluding carboxylic acids is 3. The van der Waals surface area contributed by atoms with Crippen LogP contribution in [0.1, 0.15) is 330 Å². The molecule has 0 saturated heterocycles. The van der Waals surface area contributed by atoms with Crippen LogP contribution in [0.4, 0.5) is 0 Å². The van der Waals surface area contributed by atoms with Gasteiger partial charge in [-0.2, -0.15) is 0 Å². The van der Waals surface area contributed by atoms with Gasteiger partial charge in [-0.15, -0.1) is 0 Å². The lowest BCUT2D eigenvalue weighted by Crippen LogP contribution is -2.30. The first-order valence-electron chi connectivity index (χ1n) is 29.6. The standard InChI is InChI=1S/C60H116O6/c1-54(2)46-40-34-28-23-19-15-11-9-7-8-10-12-18-22-26-32-39-45-51-60(63)66-57(53-65-59(62)50-44-38-33-27-30-36-42-48-56(5)6)52-64-58(61)49-43-37-31-25-21-17-14-13-16-20-24-29-35-41-47-55(3)4/h54-57H,7-53H2,1-6H3/t57-/m0/s1. The number of ether oxygens (including phenoxy) is 3. The zero-order valence-corrected chi connectivity index (χ0v) is 45.5. The predicted octanol–water partition coefficient (Wildman–Crippen LogP) is 19.5. The summed E-state index contributed by atoms with van der Waals surface area (Å²) in [5.74, 6) is 1.64. The fraction of sp³-hybridized carbons (Fsp3) is 0.950. The molecule has 392 valence electrons. The van der Waals surface area contributed by atoms with Crippen LogP contribution >= 0.6 is 0 Å². The summed E-state index contributed by atoms with van der Waals surface area (Å²) in [4.78, 5) is 38.1. The summed E-state index contributed by atoms with van der Waals surface area (Å²) in [5, 5.41) is 0. The Morgan fingerprint density at radius 3 is 0.652 bits per heavy atom. The van der Waals surface area contributed by atoms with Crippen LogP contribution in [0.15, 0.2) is 0 Å². The van der Waals surface area contributed by atoms with E-state index in [1.807, 2.05) is 0 Å². The molecule has 1 atom stereocenters. The zero-order chi connectivity index (χ0) is 48.4. The van der Waals surface area contributed by atoms with Crippen molar-refractivity contribution in [3.63, 3.8) is 0 Å². The maximum Gasteiger partial charge on any atom is 0.306 e. The molecule has 6 heteroatoms. The van der Waals surface area contributed by atoms with Crippen molar-refractivity contribution in [3.8, 4) is 0 Å². The van der Waals surface area contributed by atoms with Gasteiger partial charge in [0, 0.05) is 19.3 Å². The van der Waals surface area contributed by atoms with Gasteiger partial charge in [-0.3, -0.25) is 14.4 Å². The van der Waals surface area contributed by atoms with Gasteiger partial charge in [0.2, 0.25) is 0 Å². The van der Waals surface area contributed by atoms with Gasteiger partial charge in [-0.1, -0.05) is 292 Å². The van der Waals surface area contributed by atoms with E-state index in [-0.39, 0.29) is 31.1 Å². The first kappa shape index (κ1) is 64.4. The number of hydrogen-bond acceptors (Lipinski definition) is 6. The summed E-state index contributed by atoms with van der Waals surface area (Å²) in [5.41, 5.74) is 0. The van der Waals surface area contributed by atoms with Gasteiger partial charge in [-0.25, -0.2) is 0 Å². The van der Waals surface area contributed by atoms with Crippen molar-refractivity contribution in [2.75, 3.05) is 13.2 Å². The molecule has 0 aromatic carbocycles. The Balaban J connectivity index is 4.22. The molecule has 0 aromatic rings. The van der Waals surface area contributed by atoms with Crippen LogP contribution < -0.4 is 0 Å². The third kappa shape index (κ3) is 53.4. The quantitative estimate of drug-likeness (QED) is 0.0343. The summed E-state index contributed by atoms with van der Waals surface area (Å²) < 4.78 is 16.9. The number of hydrogen-bond donors (Lipinski definition) is 0. The van der Waals surface area contributed by atoms with E-state index >= 15 is 0 Å². The smallest absolute Gasteiger partial charge is 0.306 e. The lowest BCUT2D eigenvalue weighted by molar-refractivity contribution is -0.167. The van der Waals surface area contributed by atoms with E-state index in [0.717, 1.165) is 75.5 Å². The van der Waals surface area contributed by atoms with E-state index in [9.17, 15) is 14.4 Å². The molecule has 0 aromatic heterocycles. The van der Waals surface area contributed by atoms with E-state index < -0.39 is 6.10 Å². The molecular formula is C60H116O6. The highest BCUT2D eigenvalue weighted by atomic mass is 16.6. The molecule has 0 saturated carbocycles. The molecule has 0 aliphatic carbocycles. The average molecular weight is 934 g/mol. The van der Waals surface area contributed by atoms with Gasteiger partial charge >= 0.3 is 17.9 Å². The number of esters is 3. The van der Waals surface area contributed by atoms with Gasteiger partial charge in [-0.05, 0) is 37.0 Å². The molecule has 0 heterocycles. The van der Waals surface area contributed by atoms with Crippen molar-refractivity contribution in [2.45, 2.75) is 337 Å². The van der Waals surface area contributed by atoms with Crippen molar-refractivity contribution in [2.24, 2.45) is 17.8 Å². The molecule has 0 unspecified atom stereocenters. The molecule has 0 aliphatic heterocycles. The Morgan fingerprint density at radius 2 is 0.439 bits per heavy atom. The Morgan fingerprint density at radius 1 is 0.258 bits per heavy atom. The van der Waals surface area contributed by atoms with Crippen LogP contribution in [0.25, 0.3) is 0 Å². The van der Waals surface area contributed by atoms with Gasteiger partial charge in [0.25, 0.3) is 0 Å². The molecular weight excluding hydrogens is 817 g/mol. The minimum atomic E-state index is -0.764. The monoisotopic (exact) mass is 933 g/mol. The van der Waals surface area contributed by atoms with Crippen LogP contribution in [0.2, 0.25) is 0 Å². The lowest BCUT2D eigenvalue weighted by atomic mass is 10.0. The summed E-state index contributed by atoms with van der Waals surface area (Å²) in [6, 6.07) is 0. The summed E-state index contributed by atoms with van der Waals surface area (Å²) in [6.45, 7) is 13.7. The van der Waals surface area contributed by atoms with Gasteiger partial charge in [0.15, 0.2) is 6.10 Å². The second-order valence-electron chi connectivity index (χ2n) is 22.1. The van der Waals surface area contributed by atoms with E-state index in [1.165, 1.54) is 212 Å². The first-order chi connectivity index (χ1) is 32.1. The highest BCUT2D eigenvalue weighted by Crippen LogP contribution is 2.19. The minimum absolute atomic E-state index is 0.0639. The largest absolute Gasteiger partial charge is 0.462 e. The summed E-state index contributed by atoms with van der Waals surface area (Å²) in [6.07, 6.45) is 54.0.